The molecule has 0 radical (unpaired) electrons. The maximum absolute atomic E-state index is 12.5. The molecular weight excluding hydrogens is 338 g/mol. The second-order valence-electron chi connectivity index (χ2n) is 5.41. The molecule has 0 spiro atoms. The minimum Gasteiger partial charge on any atom is -0.461 e. The van der Waals surface area contributed by atoms with E-state index in [4.69, 9.17) is 4.74 Å². The number of amides is 2. The summed E-state index contributed by atoms with van der Waals surface area (Å²) in [5, 5.41) is 5.31. The Morgan fingerprint density at radius 3 is 2.68 bits per heavy atom. The van der Waals surface area contributed by atoms with Gasteiger partial charge in [-0.15, -0.1) is 11.3 Å². The fraction of sp³-hybridized carbons (Fsp3) is 0.389. The van der Waals surface area contributed by atoms with Crippen LogP contribution in [0.2, 0.25) is 0 Å². The highest BCUT2D eigenvalue weighted by molar-refractivity contribution is 7.09. The monoisotopic (exact) mass is 361 g/mol. The number of ether oxygens (including phenoxy) is 1. The van der Waals surface area contributed by atoms with Crippen LogP contribution in [0.3, 0.4) is 0 Å². The summed E-state index contributed by atoms with van der Waals surface area (Å²) in [5.74, 6) is -0.430. The first-order valence-electron chi connectivity index (χ1n) is 8.32. The lowest BCUT2D eigenvalue weighted by Gasteiger charge is -2.21. The molecule has 0 fully saturated rings. The van der Waals surface area contributed by atoms with Crippen LogP contribution in [0.15, 0.2) is 35.7 Å². The number of nitrogens with zero attached hydrogens (tertiary/aromatic N) is 2. The third kappa shape index (κ3) is 5.86. The molecule has 0 unspecified atom stereocenters. The van der Waals surface area contributed by atoms with Crippen molar-refractivity contribution >= 4 is 23.3 Å². The molecule has 1 aromatic heterocycles. The number of hydrogen-bond acceptors (Lipinski definition) is 5. The molecule has 0 atom stereocenters. The second-order valence-corrected chi connectivity index (χ2v) is 6.36. The molecule has 0 aliphatic heterocycles. The molecule has 2 amide bonds. The highest BCUT2D eigenvalue weighted by atomic mass is 32.1. The lowest BCUT2D eigenvalue weighted by Crippen LogP contribution is -2.39. The number of rotatable bonds is 8. The van der Waals surface area contributed by atoms with Crippen molar-refractivity contribution in [1.82, 2.24) is 15.2 Å². The molecule has 25 heavy (non-hydrogen) atoms. The third-order valence-corrected chi connectivity index (χ3v) is 4.26. The van der Waals surface area contributed by atoms with E-state index in [0.29, 0.717) is 36.9 Å². The van der Waals surface area contributed by atoms with Crippen LogP contribution in [-0.4, -0.2) is 35.0 Å². The van der Waals surface area contributed by atoms with Gasteiger partial charge < -0.3 is 15.0 Å². The van der Waals surface area contributed by atoms with E-state index in [-0.39, 0.29) is 6.03 Å². The van der Waals surface area contributed by atoms with E-state index in [9.17, 15) is 9.59 Å². The molecule has 0 saturated carbocycles. The predicted molar refractivity (Wildman–Crippen MR) is 97.4 cm³/mol. The zero-order valence-electron chi connectivity index (χ0n) is 14.5. The Balaban J connectivity index is 1.95. The number of carbonyl (C=O) groups is 2. The zero-order valence-corrected chi connectivity index (χ0v) is 15.3. The van der Waals surface area contributed by atoms with Crippen LogP contribution in [0.4, 0.5) is 4.79 Å². The molecule has 1 heterocycles. The van der Waals surface area contributed by atoms with Crippen molar-refractivity contribution in [2.45, 2.75) is 33.4 Å². The highest BCUT2D eigenvalue weighted by Crippen LogP contribution is 2.14. The van der Waals surface area contributed by atoms with E-state index < -0.39 is 5.97 Å². The fourth-order valence-electron chi connectivity index (χ4n) is 2.25. The Bertz CT molecular complexity index is 688. The van der Waals surface area contributed by atoms with Gasteiger partial charge in [-0.1, -0.05) is 37.3 Å². The van der Waals surface area contributed by atoms with E-state index in [1.54, 1.807) is 17.2 Å². The third-order valence-electron chi connectivity index (χ3n) is 3.43. The number of esters is 1. The average molecular weight is 361 g/mol. The van der Waals surface area contributed by atoms with E-state index in [1.165, 1.54) is 11.3 Å². The number of urea groups is 1. The summed E-state index contributed by atoms with van der Waals surface area (Å²) in [6.07, 6.45) is 0.842. The van der Waals surface area contributed by atoms with Crippen LogP contribution in [0, 0.1) is 0 Å². The first-order valence-corrected chi connectivity index (χ1v) is 9.20. The van der Waals surface area contributed by atoms with Crippen LogP contribution in [-0.2, 0) is 17.8 Å². The minimum absolute atomic E-state index is 0.140. The van der Waals surface area contributed by atoms with Gasteiger partial charge in [0, 0.05) is 18.5 Å². The number of thiazole rings is 1. The highest BCUT2D eigenvalue weighted by Gasteiger charge is 2.17. The number of hydrogen-bond donors (Lipinski definition) is 1. The topological polar surface area (TPSA) is 71.5 Å². The Hall–Kier alpha value is -2.41. The van der Waals surface area contributed by atoms with Gasteiger partial charge in [0.05, 0.1) is 13.2 Å². The first-order chi connectivity index (χ1) is 12.1. The fourth-order valence-corrected chi connectivity index (χ4v) is 3.03. The van der Waals surface area contributed by atoms with Gasteiger partial charge in [0.15, 0.2) is 5.69 Å². The van der Waals surface area contributed by atoms with E-state index in [1.807, 2.05) is 37.3 Å². The average Bonchev–Trinajstić information content (AvgIpc) is 3.09. The predicted octanol–water partition coefficient (Wildman–Crippen LogP) is 3.44. The Morgan fingerprint density at radius 1 is 1.24 bits per heavy atom. The molecule has 2 aromatic rings. The van der Waals surface area contributed by atoms with E-state index in [2.05, 4.69) is 10.3 Å². The molecule has 0 saturated heterocycles. The summed E-state index contributed by atoms with van der Waals surface area (Å²) in [4.78, 5) is 30.1. The largest absolute Gasteiger partial charge is 0.461 e. The summed E-state index contributed by atoms with van der Waals surface area (Å²) in [5.41, 5.74) is 1.34. The maximum atomic E-state index is 12.5. The van der Waals surface area contributed by atoms with Crippen molar-refractivity contribution in [2.75, 3.05) is 13.2 Å². The van der Waals surface area contributed by atoms with Gasteiger partial charge in [0.25, 0.3) is 0 Å². The lowest BCUT2D eigenvalue weighted by molar-refractivity contribution is 0.0520. The molecular formula is C18H23N3O3S. The molecule has 134 valence electrons. The number of carbonyl (C=O) groups excluding carboxylic acids is 2. The summed E-state index contributed by atoms with van der Waals surface area (Å²) < 4.78 is 4.94. The molecule has 0 bridgehead atoms. The smallest absolute Gasteiger partial charge is 0.357 e. The molecule has 0 aliphatic carbocycles. The van der Waals surface area contributed by atoms with Gasteiger partial charge in [0.1, 0.15) is 5.01 Å². The minimum atomic E-state index is -0.430. The van der Waals surface area contributed by atoms with Gasteiger partial charge in [-0.05, 0) is 18.9 Å². The molecule has 1 N–H and O–H groups in total. The van der Waals surface area contributed by atoms with Crippen LogP contribution in [0.5, 0.6) is 0 Å². The van der Waals surface area contributed by atoms with Crippen molar-refractivity contribution in [3.05, 3.63) is 52.0 Å². The lowest BCUT2D eigenvalue weighted by atomic mass is 10.2. The summed E-state index contributed by atoms with van der Waals surface area (Å²) >= 11 is 1.36. The van der Waals surface area contributed by atoms with E-state index >= 15 is 0 Å². The van der Waals surface area contributed by atoms with Crippen molar-refractivity contribution in [1.29, 1.82) is 0 Å². The summed E-state index contributed by atoms with van der Waals surface area (Å²) in [6.45, 7) is 5.56. The summed E-state index contributed by atoms with van der Waals surface area (Å²) in [7, 11) is 0. The van der Waals surface area contributed by atoms with Crippen molar-refractivity contribution in [3.63, 3.8) is 0 Å². The number of aromatic nitrogens is 1. The van der Waals surface area contributed by atoms with Gasteiger partial charge >= 0.3 is 12.0 Å². The van der Waals surface area contributed by atoms with Crippen LogP contribution in [0.25, 0.3) is 0 Å². The quantitative estimate of drug-likeness (QED) is 0.731. The van der Waals surface area contributed by atoms with Crippen LogP contribution < -0.4 is 5.32 Å². The first kappa shape index (κ1) is 18.9. The van der Waals surface area contributed by atoms with E-state index in [0.717, 1.165) is 12.0 Å². The Kier molecular flexibility index (Phi) is 7.40. The number of nitrogens with one attached hydrogen (secondary N) is 1. The molecule has 1 aromatic carbocycles. The van der Waals surface area contributed by atoms with Crippen molar-refractivity contribution in [3.8, 4) is 0 Å². The Morgan fingerprint density at radius 2 is 2.00 bits per heavy atom. The standard InChI is InChI=1S/C18H23N3O3S/c1-3-10-21(18(23)19-11-14-8-6-5-7-9-14)12-16-20-15(13-25-16)17(22)24-4-2/h5-9,13H,3-4,10-12H2,1-2H3,(H,19,23). The van der Waals surface area contributed by atoms with Crippen LogP contribution >= 0.6 is 11.3 Å². The SMILES string of the molecule is CCCN(Cc1nc(C(=O)OCC)cs1)C(=O)NCc1ccccc1. The van der Waals surface area contributed by atoms with Crippen molar-refractivity contribution < 1.29 is 14.3 Å². The molecule has 6 nitrogen and oxygen atoms in total. The number of benzene rings is 1. The molecule has 2 rings (SSSR count). The normalized spacial score (nSPS) is 10.3. The zero-order chi connectivity index (χ0) is 18.1. The Labute approximate surface area is 151 Å². The van der Waals surface area contributed by atoms with Gasteiger partial charge in [-0.25, -0.2) is 14.6 Å². The van der Waals surface area contributed by atoms with Crippen molar-refractivity contribution in [2.24, 2.45) is 0 Å². The molecule has 0 aliphatic rings. The van der Waals surface area contributed by atoms with Gasteiger partial charge in [-0.2, -0.15) is 0 Å². The van der Waals surface area contributed by atoms with Crippen LogP contribution in [0.1, 0.15) is 41.3 Å². The maximum Gasteiger partial charge on any atom is 0.357 e. The van der Waals surface area contributed by atoms with Gasteiger partial charge in [-0.3, -0.25) is 0 Å². The molecule has 7 heteroatoms. The van der Waals surface area contributed by atoms with Gasteiger partial charge in [0.2, 0.25) is 0 Å². The second kappa shape index (κ2) is 9.78. The summed E-state index contributed by atoms with van der Waals surface area (Å²) in [6, 6.07) is 9.63.